The van der Waals surface area contributed by atoms with Crippen LogP contribution in [0.25, 0.3) is 16.8 Å². The Kier molecular flexibility index (Phi) is 6.87. The van der Waals surface area contributed by atoms with Gasteiger partial charge in [0.2, 0.25) is 5.95 Å². The molecule has 0 saturated carbocycles. The summed E-state index contributed by atoms with van der Waals surface area (Å²) < 4.78 is 5.42. The molecule has 2 N–H and O–H groups in total. The summed E-state index contributed by atoms with van der Waals surface area (Å²) in [5.41, 5.74) is 5.15. The number of benzene rings is 3. The van der Waals surface area contributed by atoms with E-state index in [0.717, 1.165) is 35.4 Å². The molecule has 0 radical (unpaired) electrons. The van der Waals surface area contributed by atoms with Gasteiger partial charge in [-0.05, 0) is 80.8 Å². The average molecular weight is 525 g/mol. The number of ketones is 1. The highest BCUT2D eigenvalue weighted by atomic mass is 16.5. The molecule has 0 bridgehead atoms. The van der Waals surface area contributed by atoms with Crippen molar-refractivity contribution in [1.82, 2.24) is 9.97 Å². The first-order valence-corrected chi connectivity index (χ1v) is 13.0. The summed E-state index contributed by atoms with van der Waals surface area (Å²) in [6.07, 6.45) is 0. The number of ether oxygens (including phenoxy) is 1. The first-order valence-electron chi connectivity index (χ1n) is 13.0. The summed E-state index contributed by atoms with van der Waals surface area (Å²) in [5, 5.41) is 11.6. The van der Waals surface area contributed by atoms with E-state index >= 15 is 0 Å². The highest BCUT2D eigenvalue weighted by molar-refractivity contribution is 6.51. The van der Waals surface area contributed by atoms with Crippen molar-refractivity contribution in [3.63, 3.8) is 0 Å². The number of carbonyl (C=O) groups is 2. The van der Waals surface area contributed by atoms with Crippen molar-refractivity contribution in [1.29, 1.82) is 0 Å². The van der Waals surface area contributed by atoms with Crippen molar-refractivity contribution in [2.75, 3.05) is 30.0 Å². The Morgan fingerprint density at radius 1 is 1.03 bits per heavy atom. The number of aliphatic hydroxyl groups is 1. The molecule has 1 aliphatic rings. The van der Waals surface area contributed by atoms with Crippen molar-refractivity contribution in [2.24, 2.45) is 0 Å². The van der Waals surface area contributed by atoms with Gasteiger partial charge in [0.25, 0.3) is 5.78 Å². The van der Waals surface area contributed by atoms with Gasteiger partial charge >= 0.3 is 5.91 Å². The van der Waals surface area contributed by atoms with E-state index in [1.165, 1.54) is 4.90 Å². The van der Waals surface area contributed by atoms with E-state index in [-0.39, 0.29) is 17.3 Å². The number of para-hydroxylation sites is 2. The largest absolute Gasteiger partial charge is 0.507 e. The van der Waals surface area contributed by atoms with Crippen LogP contribution in [0.4, 0.5) is 11.6 Å². The van der Waals surface area contributed by atoms with E-state index < -0.39 is 17.7 Å². The number of nitrogens with zero attached hydrogens (tertiary/aromatic N) is 3. The molecule has 1 saturated heterocycles. The summed E-state index contributed by atoms with van der Waals surface area (Å²) in [6, 6.07) is 17.9. The molecule has 0 spiro atoms. The number of H-pyrrole nitrogens is 1. The number of nitrogens with one attached hydrogen (secondary N) is 1. The maximum atomic E-state index is 13.6. The minimum absolute atomic E-state index is 0.0173. The molecule has 8 heteroatoms. The molecule has 39 heavy (non-hydrogen) atoms. The smallest absolute Gasteiger partial charge is 0.302 e. The molecule has 200 valence electrons. The molecule has 1 unspecified atom stereocenters. The van der Waals surface area contributed by atoms with Crippen LogP contribution >= 0.6 is 0 Å². The normalized spacial score (nSPS) is 16.7. The van der Waals surface area contributed by atoms with E-state index in [2.05, 4.69) is 28.7 Å². The number of methoxy groups -OCH3 is 1. The zero-order chi connectivity index (χ0) is 27.8. The monoisotopic (exact) mass is 524 g/mol. The van der Waals surface area contributed by atoms with Gasteiger partial charge in [-0.2, -0.15) is 0 Å². The molecule has 0 aliphatic carbocycles. The highest BCUT2D eigenvalue weighted by Crippen LogP contribution is 2.43. The number of hydrogen-bond donors (Lipinski definition) is 2. The van der Waals surface area contributed by atoms with Crippen molar-refractivity contribution < 1.29 is 19.4 Å². The molecule has 1 aliphatic heterocycles. The fourth-order valence-corrected chi connectivity index (χ4v) is 5.29. The standard InChI is InChI=1S/C31H32N4O4/c1-6-34(7-2)21-14-12-20(13-15-21)27-26(28(36)22-16-19(4)25(39-5)17-18(22)3)29(37)30(38)35(27)31-32-23-10-8-9-11-24(23)33-31/h8-17,27,36H,6-7H2,1-5H3,(H,32,33)/b28-26+. The number of fused-ring (bicyclic) bond motifs is 1. The third-order valence-corrected chi connectivity index (χ3v) is 7.38. The Morgan fingerprint density at radius 2 is 1.72 bits per heavy atom. The van der Waals surface area contributed by atoms with E-state index in [9.17, 15) is 14.7 Å². The summed E-state index contributed by atoms with van der Waals surface area (Å²) in [5.74, 6) is -0.823. The minimum atomic E-state index is -0.877. The third kappa shape index (κ3) is 4.41. The Bertz CT molecular complexity index is 1570. The number of aromatic nitrogens is 2. The summed E-state index contributed by atoms with van der Waals surface area (Å²) in [7, 11) is 1.59. The van der Waals surface area contributed by atoms with Crippen molar-refractivity contribution in [3.8, 4) is 5.75 Å². The highest BCUT2D eigenvalue weighted by Gasteiger charge is 2.48. The lowest BCUT2D eigenvalue weighted by Crippen LogP contribution is -2.30. The lowest BCUT2D eigenvalue weighted by molar-refractivity contribution is -0.132. The number of aryl methyl sites for hydroxylation is 2. The number of carbonyl (C=O) groups excluding carboxylic acids is 2. The number of imidazole rings is 1. The van der Waals surface area contributed by atoms with Gasteiger partial charge < -0.3 is 19.7 Å². The fourth-order valence-electron chi connectivity index (χ4n) is 5.29. The van der Waals surface area contributed by atoms with Crippen molar-refractivity contribution in [2.45, 2.75) is 33.7 Å². The van der Waals surface area contributed by atoms with Crippen LogP contribution in [0.15, 0.2) is 66.2 Å². The number of hydrogen-bond acceptors (Lipinski definition) is 6. The molecule has 2 heterocycles. The predicted molar refractivity (Wildman–Crippen MR) is 153 cm³/mol. The molecule has 4 aromatic rings. The second kappa shape index (κ2) is 10.3. The Hall–Kier alpha value is -4.59. The lowest BCUT2D eigenvalue weighted by atomic mass is 9.93. The van der Waals surface area contributed by atoms with Crippen molar-refractivity contribution >= 4 is 40.1 Å². The van der Waals surface area contributed by atoms with Crippen LogP contribution in [0.5, 0.6) is 5.75 Å². The Balaban J connectivity index is 1.72. The van der Waals surface area contributed by atoms with Gasteiger partial charge in [-0.15, -0.1) is 0 Å². The summed E-state index contributed by atoms with van der Waals surface area (Å²) >= 11 is 0. The number of amides is 1. The van der Waals surface area contributed by atoms with Crippen LogP contribution in [-0.2, 0) is 9.59 Å². The molecule has 1 amide bonds. The molecule has 3 aromatic carbocycles. The van der Waals surface area contributed by atoms with Crippen LogP contribution in [-0.4, -0.2) is 47.0 Å². The molecule has 1 atom stereocenters. The molecule has 1 aromatic heterocycles. The Morgan fingerprint density at radius 3 is 2.36 bits per heavy atom. The van der Waals surface area contributed by atoms with Crippen LogP contribution in [0.1, 0.15) is 42.1 Å². The number of aromatic amines is 1. The third-order valence-electron chi connectivity index (χ3n) is 7.38. The van der Waals surface area contributed by atoms with Crippen LogP contribution in [0, 0.1) is 13.8 Å². The number of Topliss-reactive ketones (excluding diaryl/α,β-unsaturated/α-hetero) is 1. The Labute approximate surface area is 227 Å². The molecule has 1 fully saturated rings. The number of rotatable bonds is 7. The fraction of sp³-hybridized carbons (Fsp3) is 0.258. The number of anilines is 2. The molecular formula is C31H32N4O4. The number of aliphatic hydroxyl groups excluding tert-OH is 1. The van der Waals surface area contributed by atoms with Gasteiger partial charge in [-0.25, -0.2) is 4.98 Å². The van der Waals surface area contributed by atoms with Crippen LogP contribution in [0.2, 0.25) is 0 Å². The first kappa shape index (κ1) is 26.0. The summed E-state index contributed by atoms with van der Waals surface area (Å²) in [6.45, 7) is 9.58. The predicted octanol–water partition coefficient (Wildman–Crippen LogP) is 5.66. The van der Waals surface area contributed by atoms with E-state index in [0.29, 0.717) is 22.4 Å². The van der Waals surface area contributed by atoms with Crippen LogP contribution < -0.4 is 14.5 Å². The second-order valence-corrected chi connectivity index (χ2v) is 9.65. The maximum Gasteiger partial charge on any atom is 0.302 e. The van der Waals surface area contributed by atoms with E-state index in [4.69, 9.17) is 4.74 Å². The van der Waals surface area contributed by atoms with Crippen molar-refractivity contribution in [3.05, 3.63) is 88.5 Å². The molecule has 8 nitrogen and oxygen atoms in total. The minimum Gasteiger partial charge on any atom is -0.507 e. The first-order chi connectivity index (χ1) is 18.8. The lowest BCUT2D eigenvalue weighted by Gasteiger charge is -2.25. The quantitative estimate of drug-likeness (QED) is 0.184. The van der Waals surface area contributed by atoms with Gasteiger partial charge in [0.05, 0.1) is 29.8 Å². The van der Waals surface area contributed by atoms with Gasteiger partial charge in [0.1, 0.15) is 11.5 Å². The van der Waals surface area contributed by atoms with Gasteiger partial charge in [-0.1, -0.05) is 24.3 Å². The van der Waals surface area contributed by atoms with E-state index in [1.807, 2.05) is 68.4 Å². The van der Waals surface area contributed by atoms with Gasteiger partial charge in [0.15, 0.2) is 0 Å². The zero-order valence-corrected chi connectivity index (χ0v) is 22.8. The van der Waals surface area contributed by atoms with Crippen LogP contribution in [0.3, 0.4) is 0 Å². The average Bonchev–Trinajstić information content (AvgIpc) is 3.48. The van der Waals surface area contributed by atoms with Gasteiger partial charge in [-0.3, -0.25) is 14.5 Å². The zero-order valence-electron chi connectivity index (χ0n) is 22.8. The topological polar surface area (TPSA) is 98.8 Å². The molecule has 5 rings (SSSR count). The summed E-state index contributed by atoms with van der Waals surface area (Å²) in [4.78, 5) is 38.5. The van der Waals surface area contributed by atoms with E-state index in [1.54, 1.807) is 13.2 Å². The second-order valence-electron chi connectivity index (χ2n) is 9.65. The maximum absolute atomic E-state index is 13.6. The van der Waals surface area contributed by atoms with Gasteiger partial charge in [0, 0.05) is 24.3 Å². The SMILES string of the molecule is CCN(CC)c1ccc(C2/C(=C(\O)c3cc(C)c(OC)cc3C)C(=O)C(=O)N2c2nc3ccccc3[nH]2)cc1. The molecular weight excluding hydrogens is 492 g/mol.